The molecule has 2 heterocycles. The molecule has 0 saturated carbocycles. The molecule has 0 fully saturated rings. The van der Waals surface area contributed by atoms with Gasteiger partial charge in [-0.15, -0.1) is 0 Å². The van der Waals surface area contributed by atoms with Gasteiger partial charge in [-0.3, -0.25) is 0 Å². The van der Waals surface area contributed by atoms with E-state index in [1.807, 2.05) is 30.3 Å². The number of rotatable bonds is 7. The zero-order valence-electron chi connectivity index (χ0n) is 14.1. The first-order valence-corrected chi connectivity index (χ1v) is 9.30. The van der Waals surface area contributed by atoms with Gasteiger partial charge in [-0.05, 0) is 43.3 Å². The number of aromatic amines is 2. The maximum absolute atomic E-state index is 6.22. The summed E-state index contributed by atoms with van der Waals surface area (Å²) in [4.78, 5) is 11.1. The van der Waals surface area contributed by atoms with Crippen LogP contribution in [0.1, 0.15) is 12.1 Å². The largest absolute Gasteiger partial charge is 0.357 e. The fraction of sp³-hybridized carbons (Fsp3) is 0.211. The molecule has 0 spiro atoms. The summed E-state index contributed by atoms with van der Waals surface area (Å²) in [5, 5.41) is 9.06. The number of imidazole rings is 1. The highest BCUT2D eigenvalue weighted by atomic mass is 35.5. The standard InChI is InChI=1S/C19H19Cl2N5/c20-12-8-15(21)14-10-13(24-18(14)9-12)11-22-6-3-7-23-19-25-16-4-1-2-5-17(16)26-19/h1-2,4-5,8-10,22,24H,3,6-7,11H2,(H2,23,25,26). The molecule has 5 nitrogen and oxygen atoms in total. The van der Waals surface area contributed by atoms with Crippen molar-refractivity contribution in [2.75, 3.05) is 18.4 Å². The molecular weight excluding hydrogens is 369 g/mol. The van der Waals surface area contributed by atoms with Crippen molar-refractivity contribution in [2.24, 2.45) is 0 Å². The number of H-pyrrole nitrogens is 2. The highest BCUT2D eigenvalue weighted by Crippen LogP contribution is 2.28. The van der Waals surface area contributed by atoms with E-state index in [-0.39, 0.29) is 0 Å². The van der Waals surface area contributed by atoms with Gasteiger partial charge in [0.25, 0.3) is 0 Å². The van der Waals surface area contributed by atoms with Crippen LogP contribution in [0.4, 0.5) is 5.95 Å². The van der Waals surface area contributed by atoms with Crippen LogP contribution in [0.25, 0.3) is 21.9 Å². The summed E-state index contributed by atoms with van der Waals surface area (Å²) in [5.41, 5.74) is 4.08. The number of para-hydroxylation sites is 2. The predicted octanol–water partition coefficient (Wildman–Crippen LogP) is 4.94. The number of aromatic nitrogens is 3. The summed E-state index contributed by atoms with van der Waals surface area (Å²) in [7, 11) is 0. The van der Waals surface area contributed by atoms with E-state index in [1.165, 1.54) is 0 Å². The van der Waals surface area contributed by atoms with Crippen molar-refractivity contribution >= 4 is 51.1 Å². The highest BCUT2D eigenvalue weighted by Gasteiger charge is 2.06. The molecule has 2 aromatic heterocycles. The van der Waals surface area contributed by atoms with Crippen LogP contribution in [-0.2, 0) is 6.54 Å². The van der Waals surface area contributed by atoms with Gasteiger partial charge in [-0.25, -0.2) is 4.98 Å². The van der Waals surface area contributed by atoms with Crippen LogP contribution < -0.4 is 10.6 Å². The number of halogens is 2. The molecule has 7 heteroatoms. The third kappa shape index (κ3) is 3.80. The first kappa shape index (κ1) is 17.2. The first-order chi connectivity index (χ1) is 12.7. The SMILES string of the molecule is Clc1cc(Cl)c2cc(CNCCCNc3nc4ccccc4[nH]3)[nH]c2c1. The number of benzene rings is 2. The second-order valence-electron chi connectivity index (χ2n) is 6.20. The van der Waals surface area contributed by atoms with Crippen molar-refractivity contribution < 1.29 is 0 Å². The van der Waals surface area contributed by atoms with E-state index in [9.17, 15) is 0 Å². The third-order valence-corrected chi connectivity index (χ3v) is 4.77. The lowest BCUT2D eigenvalue weighted by Gasteiger charge is -2.04. The number of fused-ring (bicyclic) bond motifs is 2. The molecule has 0 saturated heterocycles. The summed E-state index contributed by atoms with van der Waals surface area (Å²) in [6.07, 6.45) is 0.990. The van der Waals surface area contributed by atoms with Gasteiger partial charge in [0.15, 0.2) is 0 Å². The third-order valence-electron chi connectivity index (χ3n) is 4.24. The molecule has 0 unspecified atom stereocenters. The van der Waals surface area contributed by atoms with Crippen molar-refractivity contribution in [1.29, 1.82) is 0 Å². The molecule has 0 radical (unpaired) electrons. The number of nitrogens with zero attached hydrogens (tertiary/aromatic N) is 1. The molecule has 0 atom stereocenters. The topological polar surface area (TPSA) is 68.5 Å². The molecule has 0 aliphatic heterocycles. The van der Waals surface area contributed by atoms with Crippen LogP contribution >= 0.6 is 23.2 Å². The molecule has 0 bridgehead atoms. The zero-order valence-corrected chi connectivity index (χ0v) is 15.6. The Balaban J connectivity index is 1.23. The maximum Gasteiger partial charge on any atom is 0.201 e. The van der Waals surface area contributed by atoms with Crippen molar-refractivity contribution in [2.45, 2.75) is 13.0 Å². The molecule has 0 amide bonds. The Morgan fingerprint density at radius 2 is 1.85 bits per heavy atom. The number of nitrogens with one attached hydrogen (secondary N) is 4. The van der Waals surface area contributed by atoms with Gasteiger partial charge in [-0.1, -0.05) is 35.3 Å². The Kier molecular flexibility index (Phi) is 5.02. The van der Waals surface area contributed by atoms with Crippen LogP contribution in [0.2, 0.25) is 10.0 Å². The summed E-state index contributed by atoms with van der Waals surface area (Å²) < 4.78 is 0. The van der Waals surface area contributed by atoms with Crippen LogP contribution in [0.5, 0.6) is 0 Å². The zero-order chi connectivity index (χ0) is 17.9. The molecule has 4 rings (SSSR count). The Bertz CT molecular complexity index is 1000. The average Bonchev–Trinajstić information content (AvgIpc) is 3.21. The minimum absolute atomic E-state index is 0.639. The van der Waals surface area contributed by atoms with Crippen LogP contribution in [0.15, 0.2) is 42.5 Å². The number of anilines is 1. The molecule has 4 aromatic rings. The van der Waals surface area contributed by atoms with Gasteiger partial charge in [0, 0.05) is 34.7 Å². The van der Waals surface area contributed by atoms with Crippen molar-refractivity contribution in [3.63, 3.8) is 0 Å². The quantitative estimate of drug-likeness (QED) is 0.339. The molecule has 4 N–H and O–H groups in total. The smallest absolute Gasteiger partial charge is 0.201 e. The van der Waals surface area contributed by atoms with Gasteiger partial charge in [0.2, 0.25) is 5.95 Å². The van der Waals surface area contributed by atoms with E-state index >= 15 is 0 Å². The lowest BCUT2D eigenvalue weighted by atomic mass is 10.2. The lowest BCUT2D eigenvalue weighted by Crippen LogP contribution is -2.18. The van der Waals surface area contributed by atoms with Gasteiger partial charge in [0.1, 0.15) is 0 Å². The second kappa shape index (κ2) is 7.58. The average molecular weight is 388 g/mol. The van der Waals surface area contributed by atoms with E-state index < -0.39 is 0 Å². The molecule has 0 aliphatic carbocycles. The number of hydrogen-bond donors (Lipinski definition) is 4. The Labute approximate surface area is 161 Å². The summed E-state index contributed by atoms with van der Waals surface area (Å²) in [6.45, 7) is 2.51. The molecule has 26 heavy (non-hydrogen) atoms. The fourth-order valence-electron chi connectivity index (χ4n) is 2.99. The van der Waals surface area contributed by atoms with Crippen LogP contribution in [0, 0.1) is 0 Å². The normalized spacial score (nSPS) is 11.5. The van der Waals surface area contributed by atoms with Crippen molar-refractivity contribution in [3.05, 3.63) is 58.2 Å². The first-order valence-electron chi connectivity index (χ1n) is 8.55. The van der Waals surface area contributed by atoms with Gasteiger partial charge >= 0.3 is 0 Å². The van der Waals surface area contributed by atoms with E-state index in [0.717, 1.165) is 59.6 Å². The minimum Gasteiger partial charge on any atom is -0.357 e. The summed E-state index contributed by atoms with van der Waals surface area (Å²) in [6, 6.07) is 13.7. The van der Waals surface area contributed by atoms with E-state index in [4.69, 9.17) is 23.2 Å². The fourth-order valence-corrected chi connectivity index (χ4v) is 3.54. The van der Waals surface area contributed by atoms with E-state index in [2.05, 4.69) is 31.7 Å². The Hall–Kier alpha value is -2.21. The van der Waals surface area contributed by atoms with Crippen molar-refractivity contribution in [3.8, 4) is 0 Å². The van der Waals surface area contributed by atoms with Gasteiger partial charge < -0.3 is 20.6 Å². The molecular formula is C19H19Cl2N5. The molecule has 134 valence electrons. The van der Waals surface area contributed by atoms with Gasteiger partial charge in [0.05, 0.1) is 16.1 Å². The summed E-state index contributed by atoms with van der Waals surface area (Å²) in [5.74, 6) is 0.813. The predicted molar refractivity (Wildman–Crippen MR) is 109 cm³/mol. The van der Waals surface area contributed by atoms with Crippen LogP contribution in [0.3, 0.4) is 0 Å². The summed E-state index contributed by atoms with van der Waals surface area (Å²) >= 11 is 12.3. The molecule has 2 aromatic carbocycles. The lowest BCUT2D eigenvalue weighted by molar-refractivity contribution is 0.655. The second-order valence-corrected chi connectivity index (χ2v) is 7.05. The number of hydrogen-bond acceptors (Lipinski definition) is 3. The minimum atomic E-state index is 0.639. The highest BCUT2D eigenvalue weighted by molar-refractivity contribution is 6.38. The Morgan fingerprint density at radius 3 is 2.73 bits per heavy atom. The maximum atomic E-state index is 6.22. The monoisotopic (exact) mass is 387 g/mol. The molecule has 0 aliphatic rings. The van der Waals surface area contributed by atoms with Gasteiger partial charge in [-0.2, -0.15) is 0 Å². The van der Waals surface area contributed by atoms with Crippen molar-refractivity contribution in [1.82, 2.24) is 20.3 Å². The Morgan fingerprint density at radius 1 is 0.962 bits per heavy atom. The van der Waals surface area contributed by atoms with E-state index in [1.54, 1.807) is 6.07 Å². The van der Waals surface area contributed by atoms with Crippen LogP contribution in [-0.4, -0.2) is 28.0 Å². The van der Waals surface area contributed by atoms with E-state index in [0.29, 0.717) is 10.0 Å².